The number of nitrogens with one attached hydrogen (secondary N) is 5. The van der Waals surface area contributed by atoms with E-state index in [1.54, 1.807) is 38.1 Å². The molecule has 1 fully saturated rings. The van der Waals surface area contributed by atoms with E-state index in [1.165, 1.54) is 24.4 Å². The molecule has 0 spiro atoms. The molecule has 448 valence electrons. The quantitative estimate of drug-likeness (QED) is 0.0243. The van der Waals surface area contributed by atoms with Gasteiger partial charge in [0.05, 0.1) is 63.7 Å². The Morgan fingerprint density at radius 1 is 0.829 bits per heavy atom. The van der Waals surface area contributed by atoms with Crippen molar-refractivity contribution in [2.24, 2.45) is 28.6 Å². The number of anilines is 2. The van der Waals surface area contributed by atoms with Crippen molar-refractivity contribution >= 4 is 74.5 Å². The molecule has 2 aromatic carbocycles. The number of ether oxygens (including phenoxy) is 6. The number of rotatable bonds is 35. The number of Topliss-reactive ketones (excluding diaryl/α,β-unsaturated/α-hetero) is 2. The number of aryl methyl sites for hydroxylation is 1. The van der Waals surface area contributed by atoms with Crippen molar-refractivity contribution in [3.05, 3.63) is 83.8 Å². The van der Waals surface area contributed by atoms with Crippen molar-refractivity contribution in [2.75, 3.05) is 76.6 Å². The molecule has 0 unspecified atom stereocenters. The summed E-state index contributed by atoms with van der Waals surface area (Å²) in [7, 11) is -4.27. The lowest BCUT2D eigenvalue weighted by Gasteiger charge is -2.24. The number of urea groups is 1. The van der Waals surface area contributed by atoms with Crippen LogP contribution in [0.2, 0.25) is 0 Å². The third-order valence-electron chi connectivity index (χ3n) is 13.8. The van der Waals surface area contributed by atoms with Gasteiger partial charge in [-0.3, -0.25) is 23.4 Å². The summed E-state index contributed by atoms with van der Waals surface area (Å²) in [4.78, 5) is 96.4. The van der Waals surface area contributed by atoms with Crippen LogP contribution in [-0.2, 0) is 75.1 Å². The SMILES string of the molecule is CC(=O)CCOCCC(=O)N[C@@H](C(=O)C[C@H](CCCNC(N)=O)C(=O)Nc1ccc(COC(=O)NCCOCCOCCOC(=O)O[C@H]2C[C@H](n3ccc4c(N[C@H]5CCc6ccccc65)ncnc43)C[C@H]2COS(N)(=O)=O)cc1)C(C)C. The number of carbonyl (C=O) groups excluding carboxylic acids is 7. The summed E-state index contributed by atoms with van der Waals surface area (Å²) in [6.07, 6.45) is 4.23. The highest BCUT2D eigenvalue weighted by Crippen LogP contribution is 2.41. The molecule has 0 saturated heterocycles. The fraction of sp³-hybridized carbons (Fsp3) is 0.545. The Hall–Kier alpha value is -7.30. The van der Waals surface area contributed by atoms with E-state index in [2.05, 4.69) is 48.7 Å². The van der Waals surface area contributed by atoms with Gasteiger partial charge in [-0.25, -0.2) is 29.5 Å². The van der Waals surface area contributed by atoms with E-state index in [0.29, 0.717) is 42.0 Å². The largest absolute Gasteiger partial charge is 0.508 e. The molecule has 4 aromatic rings. The van der Waals surface area contributed by atoms with Gasteiger partial charge in [0.2, 0.25) is 11.8 Å². The van der Waals surface area contributed by atoms with Crippen LogP contribution < -0.4 is 37.5 Å². The summed E-state index contributed by atoms with van der Waals surface area (Å²) < 4.78 is 63.0. The first-order valence-electron chi connectivity index (χ1n) is 27.4. The Kier molecular flexibility index (Phi) is 25.2. The molecule has 26 nitrogen and oxygen atoms in total. The summed E-state index contributed by atoms with van der Waals surface area (Å²) in [5.74, 6) is -2.14. The lowest BCUT2D eigenvalue weighted by molar-refractivity contribution is -0.131. The van der Waals surface area contributed by atoms with Crippen LogP contribution in [0, 0.1) is 17.8 Å². The van der Waals surface area contributed by atoms with Crippen LogP contribution in [0.25, 0.3) is 11.0 Å². The van der Waals surface area contributed by atoms with Gasteiger partial charge in [0.1, 0.15) is 42.9 Å². The van der Waals surface area contributed by atoms with E-state index >= 15 is 0 Å². The average molecular weight is 1170 g/mol. The number of hydrogen-bond acceptors (Lipinski definition) is 19. The number of primary amides is 1. The van der Waals surface area contributed by atoms with E-state index in [0.717, 1.165) is 18.2 Å². The average Bonchev–Trinajstić information content (AvgIpc) is 4.28. The minimum absolute atomic E-state index is 0.0103. The Bertz CT molecular complexity index is 2890. The van der Waals surface area contributed by atoms with E-state index in [9.17, 15) is 42.0 Å². The maximum absolute atomic E-state index is 13.6. The summed E-state index contributed by atoms with van der Waals surface area (Å²) in [6, 6.07) is 15.1. The molecule has 2 aliphatic rings. The molecular formula is C55H76N10O16S. The first kappa shape index (κ1) is 63.9. The predicted molar refractivity (Wildman–Crippen MR) is 298 cm³/mol. The van der Waals surface area contributed by atoms with Crippen LogP contribution in [0.15, 0.2) is 67.1 Å². The van der Waals surface area contributed by atoms with E-state index < -0.39 is 64.4 Å². The number of nitrogens with two attached hydrogens (primary N) is 2. The number of hydrogen-bond donors (Lipinski definition) is 7. The Balaban J connectivity index is 0.847. The van der Waals surface area contributed by atoms with Crippen molar-refractivity contribution in [2.45, 2.75) is 109 Å². The van der Waals surface area contributed by atoms with Gasteiger partial charge in [-0.1, -0.05) is 50.2 Å². The predicted octanol–water partition coefficient (Wildman–Crippen LogP) is 4.67. The van der Waals surface area contributed by atoms with Gasteiger partial charge in [0.25, 0.3) is 0 Å². The number of carbonyl (C=O) groups is 7. The number of ketones is 2. The zero-order valence-electron chi connectivity index (χ0n) is 46.5. The highest BCUT2D eigenvalue weighted by atomic mass is 32.2. The third-order valence-corrected chi connectivity index (χ3v) is 14.3. The smallest absolute Gasteiger partial charge is 0.445 e. The van der Waals surface area contributed by atoms with E-state index in [4.69, 9.17) is 43.5 Å². The van der Waals surface area contributed by atoms with Crippen LogP contribution in [0.1, 0.15) is 101 Å². The molecule has 2 aromatic heterocycles. The second kappa shape index (κ2) is 32.4. The first-order valence-corrected chi connectivity index (χ1v) is 28.9. The fourth-order valence-electron chi connectivity index (χ4n) is 9.66. The van der Waals surface area contributed by atoms with Crippen LogP contribution in [0.5, 0.6) is 0 Å². The van der Waals surface area contributed by atoms with Gasteiger partial charge in [-0.2, -0.15) is 8.42 Å². The lowest BCUT2D eigenvalue weighted by atomic mass is 9.89. The molecule has 82 heavy (non-hydrogen) atoms. The zero-order chi connectivity index (χ0) is 59.0. The second-order valence-electron chi connectivity index (χ2n) is 20.4. The van der Waals surface area contributed by atoms with Crippen molar-refractivity contribution < 1.29 is 74.6 Å². The lowest BCUT2D eigenvalue weighted by Crippen LogP contribution is -2.45. The molecule has 0 radical (unpaired) electrons. The van der Waals surface area contributed by atoms with Crippen molar-refractivity contribution in [1.29, 1.82) is 0 Å². The molecule has 27 heteroatoms. The number of nitrogens with zero attached hydrogens (tertiary/aromatic N) is 3. The van der Waals surface area contributed by atoms with Gasteiger partial charge in [0.15, 0.2) is 5.78 Å². The molecular weight excluding hydrogens is 1090 g/mol. The van der Waals surface area contributed by atoms with Gasteiger partial charge in [-0.05, 0) is 79.8 Å². The summed E-state index contributed by atoms with van der Waals surface area (Å²) in [5.41, 5.74) is 9.46. The summed E-state index contributed by atoms with van der Waals surface area (Å²) in [5, 5.41) is 20.2. The van der Waals surface area contributed by atoms with Crippen LogP contribution >= 0.6 is 0 Å². The third kappa shape index (κ3) is 21.2. The topological polar surface area (TPSA) is 361 Å². The number of amides is 5. The first-order chi connectivity index (χ1) is 39.3. The van der Waals surface area contributed by atoms with Gasteiger partial charge in [0, 0.05) is 68.5 Å². The monoisotopic (exact) mass is 1160 g/mol. The number of fused-ring (bicyclic) bond motifs is 2. The normalized spacial score (nSPS) is 17.3. The summed E-state index contributed by atoms with van der Waals surface area (Å²) in [6.45, 7) is 5.60. The zero-order valence-corrected chi connectivity index (χ0v) is 47.3. The van der Waals surface area contributed by atoms with Crippen LogP contribution in [0.3, 0.4) is 0 Å². The standard InChI is InChI=1S/C55H76N10O16S/c1-35(2)49(64-48(68)18-23-75-22-17-36(3)66)46(67)30-39(8-6-19-58-53(56)70)52(69)62-41-13-10-37(11-14-41)32-79-54(71)59-20-24-76-25-26-77-27-28-78-55(72)81-47-31-42(29-40(47)33-80-82(57,73)74)65-21-16-44-50(60-34-61-51(44)65)63-45-15-12-38-7-4-5-9-43(38)45/h4-5,7,9-11,13-14,16,21,34-35,39-40,42,45,47,49H,6,8,12,15,17-20,22-33H2,1-3H3,(H,59,71)(H,62,69)(H,64,68)(H3,56,58,70)(H2,57,73,74)(H,60,61,63)/t39-,40-,42+,45-,47-,49+/m0/s1. The maximum atomic E-state index is 13.6. The highest BCUT2D eigenvalue weighted by molar-refractivity contribution is 7.84. The van der Waals surface area contributed by atoms with Crippen LogP contribution in [0.4, 0.5) is 25.9 Å². The van der Waals surface area contributed by atoms with Crippen molar-refractivity contribution in [1.82, 2.24) is 30.5 Å². The number of aromatic nitrogens is 3. The van der Waals surface area contributed by atoms with Crippen molar-refractivity contribution in [3.8, 4) is 0 Å². The minimum Gasteiger partial charge on any atom is -0.445 e. The van der Waals surface area contributed by atoms with E-state index in [1.807, 2.05) is 29.0 Å². The molecule has 0 aliphatic heterocycles. The molecule has 2 aliphatic carbocycles. The molecule has 1 saturated carbocycles. The van der Waals surface area contributed by atoms with Crippen molar-refractivity contribution in [3.63, 3.8) is 0 Å². The molecule has 6 atom stereocenters. The molecule has 2 heterocycles. The molecule has 0 bridgehead atoms. The van der Waals surface area contributed by atoms with Gasteiger partial charge < -0.3 is 65.3 Å². The highest BCUT2D eigenvalue weighted by Gasteiger charge is 2.40. The van der Waals surface area contributed by atoms with E-state index in [-0.39, 0.29) is 128 Å². The molecule has 6 rings (SSSR count). The minimum atomic E-state index is -4.27. The molecule has 5 amide bonds. The van der Waals surface area contributed by atoms with Gasteiger partial charge in [-0.15, -0.1) is 0 Å². The Morgan fingerprint density at radius 2 is 1.56 bits per heavy atom. The Morgan fingerprint density at radius 3 is 2.30 bits per heavy atom. The number of benzene rings is 2. The Labute approximate surface area is 476 Å². The number of alkyl carbamates (subject to hydrolysis) is 1. The fourth-order valence-corrected chi connectivity index (χ4v) is 10.0. The molecule has 9 N–H and O–H groups in total. The van der Waals surface area contributed by atoms with Crippen LogP contribution in [-0.4, -0.2) is 143 Å². The maximum Gasteiger partial charge on any atom is 0.508 e. The summed E-state index contributed by atoms with van der Waals surface area (Å²) >= 11 is 0. The van der Waals surface area contributed by atoms with Gasteiger partial charge >= 0.3 is 28.6 Å². The second-order valence-corrected chi connectivity index (χ2v) is 21.6.